The van der Waals surface area contributed by atoms with Crippen LogP contribution in [0.5, 0.6) is 0 Å². The van der Waals surface area contributed by atoms with Crippen LogP contribution in [0.3, 0.4) is 0 Å². The van der Waals surface area contributed by atoms with E-state index in [1.54, 1.807) is 6.92 Å². The number of hydrogen-bond acceptors (Lipinski definition) is 4. The molecule has 1 amide bonds. The minimum Gasteiger partial charge on any atom is -0.370 e. The summed E-state index contributed by atoms with van der Waals surface area (Å²) in [7, 11) is -3.54. The van der Waals surface area contributed by atoms with Crippen LogP contribution in [0, 0.1) is 6.92 Å². The van der Waals surface area contributed by atoms with Crippen LogP contribution in [0.15, 0.2) is 41.3 Å². The molecule has 0 atom stereocenters. The Morgan fingerprint density at radius 2 is 1.70 bits per heavy atom. The number of rotatable bonds is 4. The number of anilines is 2. The highest BCUT2D eigenvalue weighted by atomic mass is 32.2. The minimum absolute atomic E-state index is 0.0291. The van der Waals surface area contributed by atoms with Crippen molar-refractivity contribution in [3.63, 3.8) is 0 Å². The average molecular weight is 440 g/mol. The average Bonchev–Trinajstić information content (AvgIpc) is 2.67. The van der Waals surface area contributed by atoms with Gasteiger partial charge in [0.1, 0.15) is 0 Å². The first-order valence-corrected chi connectivity index (χ1v) is 11.4. The lowest BCUT2D eigenvalue weighted by molar-refractivity contribution is -0.137. The van der Waals surface area contributed by atoms with E-state index in [0.29, 0.717) is 24.3 Å². The molecule has 0 aromatic heterocycles. The van der Waals surface area contributed by atoms with Crippen molar-refractivity contribution in [3.05, 3.63) is 53.1 Å². The highest BCUT2D eigenvalue weighted by Crippen LogP contribution is 2.36. The molecule has 30 heavy (non-hydrogen) atoms. The number of nitrogens with one attached hydrogen (secondary N) is 1. The summed E-state index contributed by atoms with van der Waals surface area (Å²) in [5.41, 5.74) is 0.334. The number of nitrogens with zero attached hydrogens (tertiary/aromatic N) is 1. The van der Waals surface area contributed by atoms with E-state index in [1.807, 2.05) is 4.90 Å². The Morgan fingerprint density at radius 1 is 1.03 bits per heavy atom. The molecule has 2 aromatic carbocycles. The smallest absolute Gasteiger partial charge is 0.370 e. The number of halogens is 3. The summed E-state index contributed by atoms with van der Waals surface area (Å²) >= 11 is 0. The molecule has 0 spiro atoms. The summed E-state index contributed by atoms with van der Waals surface area (Å²) in [5, 5.41) is 2.58. The van der Waals surface area contributed by atoms with Gasteiger partial charge in [-0.25, -0.2) is 8.42 Å². The third-order valence-electron chi connectivity index (χ3n) is 5.15. The fourth-order valence-electron chi connectivity index (χ4n) is 3.49. The van der Waals surface area contributed by atoms with Crippen molar-refractivity contribution in [3.8, 4) is 0 Å². The Morgan fingerprint density at radius 3 is 2.30 bits per heavy atom. The number of carbonyl (C=O) groups excluding carboxylic acids is 1. The number of aryl methyl sites for hydroxylation is 1. The Balaban J connectivity index is 2.01. The van der Waals surface area contributed by atoms with Crippen LogP contribution in [0.4, 0.5) is 24.5 Å². The van der Waals surface area contributed by atoms with Gasteiger partial charge in [-0.15, -0.1) is 0 Å². The fraction of sp³-hybridized carbons (Fsp3) is 0.381. The normalized spacial score (nSPS) is 15.2. The summed E-state index contributed by atoms with van der Waals surface area (Å²) in [6.45, 7) is 3.02. The van der Waals surface area contributed by atoms with E-state index < -0.39 is 27.5 Å². The van der Waals surface area contributed by atoms with Gasteiger partial charge in [-0.3, -0.25) is 4.79 Å². The first kappa shape index (κ1) is 22.1. The van der Waals surface area contributed by atoms with Gasteiger partial charge in [0.15, 0.2) is 9.84 Å². The number of benzene rings is 2. The topological polar surface area (TPSA) is 66.5 Å². The van der Waals surface area contributed by atoms with Crippen molar-refractivity contribution < 1.29 is 26.4 Å². The third kappa shape index (κ3) is 4.95. The molecule has 1 aliphatic rings. The summed E-state index contributed by atoms with van der Waals surface area (Å²) in [6.07, 6.45) is -0.628. The zero-order chi connectivity index (χ0) is 22.1. The second kappa shape index (κ2) is 8.29. The first-order valence-electron chi connectivity index (χ1n) is 9.55. The van der Waals surface area contributed by atoms with Crippen LogP contribution >= 0.6 is 0 Å². The van der Waals surface area contributed by atoms with E-state index in [-0.39, 0.29) is 16.1 Å². The molecule has 162 valence electrons. The zero-order valence-electron chi connectivity index (χ0n) is 16.7. The molecule has 1 fully saturated rings. The molecule has 2 aromatic rings. The lowest BCUT2D eigenvalue weighted by Crippen LogP contribution is -2.30. The van der Waals surface area contributed by atoms with Gasteiger partial charge >= 0.3 is 6.18 Å². The molecule has 1 aliphatic heterocycles. The highest BCUT2D eigenvalue weighted by molar-refractivity contribution is 7.90. The maximum Gasteiger partial charge on any atom is 0.416 e. The second-order valence-electron chi connectivity index (χ2n) is 7.48. The molecule has 0 unspecified atom stereocenters. The van der Waals surface area contributed by atoms with Gasteiger partial charge in [0.2, 0.25) is 0 Å². The standard InChI is InChI=1S/C21H23F3N2O3S/c1-14-6-8-16(30(2,28)29)13-17(14)20(27)25-18-12-15(21(22,23)24)7-9-19(18)26-10-4-3-5-11-26/h6-9,12-13H,3-5,10-11H2,1-2H3,(H,25,27). The van der Waals surface area contributed by atoms with E-state index in [2.05, 4.69) is 5.32 Å². The molecule has 3 rings (SSSR count). The molecule has 1 heterocycles. The van der Waals surface area contributed by atoms with Gasteiger partial charge in [-0.2, -0.15) is 13.2 Å². The lowest BCUT2D eigenvalue weighted by atomic mass is 10.1. The van der Waals surface area contributed by atoms with Crippen LogP contribution in [-0.4, -0.2) is 33.7 Å². The van der Waals surface area contributed by atoms with Crippen LogP contribution in [0.1, 0.15) is 40.7 Å². The highest BCUT2D eigenvalue weighted by Gasteiger charge is 2.32. The molecule has 0 radical (unpaired) electrons. The number of carbonyl (C=O) groups is 1. The zero-order valence-corrected chi connectivity index (χ0v) is 17.5. The maximum atomic E-state index is 13.3. The Labute approximate surface area is 173 Å². The monoisotopic (exact) mass is 440 g/mol. The summed E-state index contributed by atoms with van der Waals surface area (Å²) < 4.78 is 63.4. The molecular formula is C21H23F3N2O3S. The van der Waals surface area contributed by atoms with Gasteiger partial charge in [0.25, 0.3) is 5.91 Å². The number of alkyl halides is 3. The minimum atomic E-state index is -4.55. The summed E-state index contributed by atoms with van der Waals surface area (Å²) in [4.78, 5) is 14.8. The van der Waals surface area contributed by atoms with Crippen LogP contribution in [0.25, 0.3) is 0 Å². The molecule has 0 bridgehead atoms. The molecule has 0 aliphatic carbocycles. The van der Waals surface area contributed by atoms with Crippen LogP contribution in [0.2, 0.25) is 0 Å². The van der Waals surface area contributed by atoms with Gasteiger partial charge in [0, 0.05) is 24.9 Å². The van der Waals surface area contributed by atoms with Crippen molar-refractivity contribution in [1.82, 2.24) is 0 Å². The number of amides is 1. The predicted molar refractivity (Wildman–Crippen MR) is 110 cm³/mol. The predicted octanol–water partition coefficient (Wildman–Crippen LogP) is 4.66. The van der Waals surface area contributed by atoms with Gasteiger partial charge < -0.3 is 10.2 Å². The molecule has 5 nitrogen and oxygen atoms in total. The number of piperidine rings is 1. The lowest BCUT2D eigenvalue weighted by Gasteiger charge is -2.31. The third-order valence-corrected chi connectivity index (χ3v) is 6.26. The van der Waals surface area contributed by atoms with Gasteiger partial charge in [0.05, 0.1) is 21.8 Å². The second-order valence-corrected chi connectivity index (χ2v) is 9.50. The Hall–Kier alpha value is -2.55. The van der Waals surface area contributed by atoms with Gasteiger partial charge in [-0.05, 0) is 62.1 Å². The van der Waals surface area contributed by atoms with E-state index in [9.17, 15) is 26.4 Å². The summed E-state index contributed by atoms with van der Waals surface area (Å²) in [5.74, 6) is -0.657. The molecule has 9 heteroatoms. The van der Waals surface area contributed by atoms with Crippen molar-refractivity contribution >= 4 is 27.1 Å². The van der Waals surface area contributed by atoms with Crippen LogP contribution in [-0.2, 0) is 16.0 Å². The van der Waals surface area contributed by atoms with E-state index >= 15 is 0 Å². The van der Waals surface area contributed by atoms with Crippen molar-refractivity contribution in [2.45, 2.75) is 37.3 Å². The molecule has 1 N–H and O–H groups in total. The van der Waals surface area contributed by atoms with Gasteiger partial charge in [-0.1, -0.05) is 6.07 Å². The molecule has 0 saturated carbocycles. The quantitative estimate of drug-likeness (QED) is 0.751. The molecular weight excluding hydrogens is 417 g/mol. The van der Waals surface area contributed by atoms with Crippen molar-refractivity contribution in [2.24, 2.45) is 0 Å². The van der Waals surface area contributed by atoms with Crippen molar-refractivity contribution in [1.29, 1.82) is 0 Å². The van der Waals surface area contributed by atoms with Crippen molar-refractivity contribution in [2.75, 3.05) is 29.6 Å². The Bertz CT molecular complexity index is 1060. The van der Waals surface area contributed by atoms with E-state index in [4.69, 9.17) is 0 Å². The Kier molecular flexibility index (Phi) is 6.12. The number of hydrogen-bond donors (Lipinski definition) is 1. The fourth-order valence-corrected chi connectivity index (χ4v) is 4.14. The SMILES string of the molecule is Cc1ccc(S(C)(=O)=O)cc1C(=O)Nc1cc(C(F)(F)F)ccc1N1CCCCC1. The van der Waals surface area contributed by atoms with E-state index in [1.165, 1.54) is 24.3 Å². The summed E-state index contributed by atoms with van der Waals surface area (Å²) in [6, 6.07) is 7.46. The number of sulfone groups is 1. The molecule has 1 saturated heterocycles. The first-order chi connectivity index (χ1) is 14.0. The van der Waals surface area contributed by atoms with Crippen LogP contribution < -0.4 is 10.2 Å². The largest absolute Gasteiger partial charge is 0.416 e. The maximum absolute atomic E-state index is 13.3. The van der Waals surface area contributed by atoms with E-state index in [0.717, 1.165) is 37.7 Å².